The van der Waals surface area contributed by atoms with E-state index in [2.05, 4.69) is 39.7 Å². The maximum absolute atomic E-state index is 11.9. The lowest BCUT2D eigenvalue weighted by molar-refractivity contribution is -0.144. The lowest BCUT2D eigenvalue weighted by Gasteiger charge is -2.32. The fourth-order valence-electron chi connectivity index (χ4n) is 3.15. The highest BCUT2D eigenvalue weighted by molar-refractivity contribution is 6.84. The van der Waals surface area contributed by atoms with Gasteiger partial charge in [-0.25, -0.2) is 9.59 Å². The minimum atomic E-state index is -1.80. The van der Waals surface area contributed by atoms with Crippen molar-refractivity contribution in [3.05, 3.63) is 12.2 Å². The molecule has 0 saturated carbocycles. The molecule has 0 fully saturated rings. The van der Waals surface area contributed by atoms with E-state index in [1.54, 1.807) is 0 Å². The number of rotatable bonds is 15. The average molecular weight is 417 g/mol. The molecule has 0 rings (SSSR count). The number of carbonyl (C=O) groups excluding carboxylic acids is 1. The zero-order chi connectivity index (χ0) is 20.9. The molecular weight excluding hydrogens is 376 g/mol. The molecule has 0 aliphatic heterocycles. The maximum atomic E-state index is 11.9. The SMILES string of the molecule is CCCCCCCCC(CC[Si](C)(C)O[Si](C)(C)C)OC(=O)C=CC(=O)O. The molecule has 1 unspecified atom stereocenters. The average Bonchev–Trinajstić information content (AvgIpc) is 2.51. The van der Waals surface area contributed by atoms with Gasteiger partial charge in [0.25, 0.3) is 0 Å². The molecule has 0 amide bonds. The molecule has 1 N–H and O–H groups in total. The molecule has 1 atom stereocenters. The molecule has 0 spiro atoms. The fourth-order valence-corrected chi connectivity index (χ4v) is 11.2. The first-order chi connectivity index (χ1) is 12.4. The smallest absolute Gasteiger partial charge is 0.331 e. The molecule has 158 valence electrons. The highest BCUT2D eigenvalue weighted by atomic mass is 28.4. The Balaban J connectivity index is 4.62. The molecule has 0 bridgehead atoms. The van der Waals surface area contributed by atoms with E-state index in [9.17, 15) is 9.59 Å². The highest BCUT2D eigenvalue weighted by Crippen LogP contribution is 2.23. The van der Waals surface area contributed by atoms with Crippen molar-refractivity contribution in [2.75, 3.05) is 0 Å². The van der Waals surface area contributed by atoms with Crippen molar-refractivity contribution in [3.8, 4) is 0 Å². The van der Waals surface area contributed by atoms with Crippen LogP contribution in [0.4, 0.5) is 0 Å². The van der Waals surface area contributed by atoms with Gasteiger partial charge in [-0.05, 0) is 58.0 Å². The van der Waals surface area contributed by atoms with E-state index in [0.29, 0.717) is 0 Å². The van der Waals surface area contributed by atoms with E-state index in [1.807, 2.05) is 0 Å². The van der Waals surface area contributed by atoms with Crippen LogP contribution in [0.5, 0.6) is 0 Å². The molecule has 0 heterocycles. The zero-order valence-corrected chi connectivity index (χ0v) is 20.2. The lowest BCUT2D eigenvalue weighted by Crippen LogP contribution is -2.42. The first-order valence-electron chi connectivity index (χ1n) is 10.3. The number of ether oxygens (including phenoxy) is 1. The van der Waals surface area contributed by atoms with Crippen molar-refractivity contribution in [2.24, 2.45) is 0 Å². The summed E-state index contributed by atoms with van der Waals surface area (Å²) in [5, 5.41) is 8.66. The third kappa shape index (κ3) is 16.9. The van der Waals surface area contributed by atoms with Gasteiger partial charge in [-0.3, -0.25) is 0 Å². The maximum Gasteiger partial charge on any atom is 0.331 e. The Morgan fingerprint density at radius 2 is 1.52 bits per heavy atom. The highest BCUT2D eigenvalue weighted by Gasteiger charge is 2.30. The normalized spacial score (nSPS) is 13.7. The van der Waals surface area contributed by atoms with Crippen molar-refractivity contribution >= 4 is 28.6 Å². The van der Waals surface area contributed by atoms with Gasteiger partial charge in [-0.2, -0.15) is 0 Å². The summed E-state index contributed by atoms with van der Waals surface area (Å²) in [7, 11) is -3.38. The predicted octanol–water partition coefficient (Wildman–Crippen LogP) is 5.74. The van der Waals surface area contributed by atoms with Gasteiger partial charge in [-0.15, -0.1) is 0 Å². The van der Waals surface area contributed by atoms with Crippen LogP contribution in [0.1, 0.15) is 58.3 Å². The Kier molecular flexibility index (Phi) is 12.8. The minimum Gasteiger partial charge on any atom is -0.478 e. The first-order valence-corrected chi connectivity index (χ1v) is 16.8. The van der Waals surface area contributed by atoms with Crippen molar-refractivity contribution in [1.82, 2.24) is 0 Å². The number of unbranched alkanes of at least 4 members (excludes halogenated alkanes) is 5. The minimum absolute atomic E-state index is 0.167. The summed E-state index contributed by atoms with van der Waals surface area (Å²) in [6.45, 7) is 13.2. The lowest BCUT2D eigenvalue weighted by atomic mass is 10.1. The molecule has 0 aliphatic carbocycles. The van der Waals surface area contributed by atoms with Crippen LogP contribution < -0.4 is 0 Å². The van der Waals surface area contributed by atoms with Gasteiger partial charge in [0.1, 0.15) is 6.10 Å². The fraction of sp³-hybridized carbons (Fsp3) is 0.800. The second-order valence-electron chi connectivity index (χ2n) is 8.80. The summed E-state index contributed by atoms with van der Waals surface area (Å²) in [6, 6.07) is 0.938. The summed E-state index contributed by atoms with van der Waals surface area (Å²) >= 11 is 0. The van der Waals surface area contributed by atoms with Crippen LogP contribution in [0.3, 0.4) is 0 Å². The Bertz CT molecular complexity index is 469. The monoisotopic (exact) mass is 416 g/mol. The number of aliphatic carboxylic acids is 1. The van der Waals surface area contributed by atoms with Crippen LogP contribution in [-0.4, -0.2) is 39.8 Å². The number of hydrogen-bond donors (Lipinski definition) is 1. The van der Waals surface area contributed by atoms with E-state index in [4.69, 9.17) is 14.0 Å². The van der Waals surface area contributed by atoms with E-state index in [1.165, 1.54) is 25.7 Å². The van der Waals surface area contributed by atoms with Crippen LogP contribution in [0.15, 0.2) is 12.2 Å². The van der Waals surface area contributed by atoms with Crippen molar-refractivity contribution in [1.29, 1.82) is 0 Å². The third-order valence-electron chi connectivity index (χ3n) is 4.18. The van der Waals surface area contributed by atoms with Crippen LogP contribution in [-0.2, 0) is 18.4 Å². The first kappa shape index (κ1) is 26.1. The predicted molar refractivity (Wildman–Crippen MR) is 116 cm³/mol. The van der Waals surface area contributed by atoms with Crippen LogP contribution in [0.25, 0.3) is 0 Å². The molecular formula is C20H40O5Si2. The molecule has 0 radical (unpaired) electrons. The van der Waals surface area contributed by atoms with E-state index in [0.717, 1.165) is 43.9 Å². The number of esters is 1. The van der Waals surface area contributed by atoms with Crippen LogP contribution in [0.2, 0.25) is 38.8 Å². The summed E-state index contributed by atoms with van der Waals surface area (Å²) in [6.07, 6.45) is 10.4. The standard InChI is InChI=1S/C20H40O5Si2/c1-7-8-9-10-11-12-13-18(24-20(23)15-14-19(21)22)16-17-27(5,6)25-26(2,3)4/h14-15,18H,7-13,16-17H2,1-6H3,(H,21,22). The van der Waals surface area contributed by atoms with Crippen molar-refractivity contribution < 1.29 is 23.5 Å². The number of hydrogen-bond acceptors (Lipinski definition) is 4. The van der Waals surface area contributed by atoms with Gasteiger partial charge in [-0.1, -0.05) is 39.0 Å². The summed E-state index contributed by atoms with van der Waals surface area (Å²) in [4.78, 5) is 22.5. The van der Waals surface area contributed by atoms with Gasteiger partial charge in [0.2, 0.25) is 0 Å². The Morgan fingerprint density at radius 3 is 2.07 bits per heavy atom. The Labute approximate surface area is 167 Å². The molecule has 0 aromatic carbocycles. The molecule has 0 aromatic rings. The number of carboxylic acid groups (broad SMARTS) is 1. The molecule has 0 aliphatic rings. The summed E-state index contributed by atoms with van der Waals surface area (Å²) < 4.78 is 11.9. The van der Waals surface area contributed by atoms with E-state index < -0.39 is 28.6 Å². The molecule has 0 aromatic heterocycles. The number of carboxylic acids is 1. The van der Waals surface area contributed by atoms with Gasteiger partial charge in [0.05, 0.1) is 0 Å². The quantitative estimate of drug-likeness (QED) is 0.159. The topological polar surface area (TPSA) is 72.8 Å². The summed E-state index contributed by atoms with van der Waals surface area (Å²) in [5.74, 6) is -1.71. The van der Waals surface area contributed by atoms with E-state index >= 15 is 0 Å². The van der Waals surface area contributed by atoms with Gasteiger partial charge in [0.15, 0.2) is 16.6 Å². The van der Waals surface area contributed by atoms with Crippen molar-refractivity contribution in [2.45, 2.75) is 103 Å². The van der Waals surface area contributed by atoms with Gasteiger partial charge < -0.3 is 14.0 Å². The Hall–Kier alpha value is -0.926. The van der Waals surface area contributed by atoms with Gasteiger partial charge >= 0.3 is 11.9 Å². The molecule has 7 heteroatoms. The molecule has 5 nitrogen and oxygen atoms in total. The molecule has 0 saturated heterocycles. The largest absolute Gasteiger partial charge is 0.478 e. The number of carbonyl (C=O) groups is 2. The van der Waals surface area contributed by atoms with Crippen molar-refractivity contribution in [3.63, 3.8) is 0 Å². The Morgan fingerprint density at radius 1 is 0.926 bits per heavy atom. The summed E-state index contributed by atoms with van der Waals surface area (Å²) in [5.41, 5.74) is 0. The second-order valence-corrected chi connectivity index (χ2v) is 17.9. The van der Waals surface area contributed by atoms with E-state index in [-0.39, 0.29) is 6.10 Å². The second kappa shape index (κ2) is 13.3. The van der Waals surface area contributed by atoms with Crippen LogP contribution in [0, 0.1) is 0 Å². The molecule has 27 heavy (non-hydrogen) atoms. The zero-order valence-electron chi connectivity index (χ0n) is 18.2. The van der Waals surface area contributed by atoms with Crippen LogP contribution >= 0.6 is 0 Å². The van der Waals surface area contributed by atoms with Gasteiger partial charge in [0, 0.05) is 12.2 Å². The third-order valence-corrected chi connectivity index (χ3v) is 10.3.